The summed E-state index contributed by atoms with van der Waals surface area (Å²) in [5, 5.41) is 3.75. The van der Waals surface area contributed by atoms with Crippen molar-refractivity contribution in [2.45, 2.75) is 18.9 Å². The Hall–Kier alpha value is -2.90. The van der Waals surface area contributed by atoms with E-state index in [0.717, 1.165) is 24.5 Å². The van der Waals surface area contributed by atoms with Gasteiger partial charge in [0.05, 0.1) is 13.3 Å². The molecular formula is C21H20N2O4S. The van der Waals surface area contributed by atoms with Gasteiger partial charge in [-0.05, 0) is 49.2 Å². The van der Waals surface area contributed by atoms with Crippen LogP contribution < -0.4 is 14.8 Å². The van der Waals surface area contributed by atoms with Crippen LogP contribution in [-0.4, -0.2) is 24.6 Å². The van der Waals surface area contributed by atoms with E-state index >= 15 is 0 Å². The minimum Gasteiger partial charge on any atom is -0.493 e. The molecule has 1 aliphatic heterocycles. The third-order valence-corrected chi connectivity index (χ3v) is 5.45. The van der Waals surface area contributed by atoms with E-state index < -0.39 is 0 Å². The number of thiazole rings is 1. The van der Waals surface area contributed by atoms with Gasteiger partial charge in [-0.15, -0.1) is 11.3 Å². The number of aromatic nitrogens is 1. The second-order valence-electron chi connectivity index (χ2n) is 6.30. The molecule has 1 amide bonds. The lowest BCUT2D eigenvalue weighted by molar-refractivity contribution is 0.103. The average Bonchev–Trinajstić information content (AvgIpc) is 3.42. The van der Waals surface area contributed by atoms with E-state index in [4.69, 9.17) is 14.2 Å². The van der Waals surface area contributed by atoms with Crippen molar-refractivity contribution in [1.82, 2.24) is 4.98 Å². The molecule has 28 heavy (non-hydrogen) atoms. The van der Waals surface area contributed by atoms with Gasteiger partial charge < -0.3 is 19.5 Å². The van der Waals surface area contributed by atoms with Gasteiger partial charge in [0.1, 0.15) is 21.7 Å². The second kappa shape index (κ2) is 8.41. The van der Waals surface area contributed by atoms with Crippen molar-refractivity contribution in [1.29, 1.82) is 0 Å². The Kier molecular flexibility index (Phi) is 5.55. The average molecular weight is 396 g/mol. The normalized spacial score (nSPS) is 16.0. The highest BCUT2D eigenvalue weighted by atomic mass is 32.1. The third kappa shape index (κ3) is 4.16. The number of rotatable bonds is 6. The second-order valence-corrected chi connectivity index (χ2v) is 7.36. The molecule has 1 aromatic heterocycles. The molecule has 0 spiro atoms. The number of carbonyl (C=O) groups excluding carboxylic acids is 1. The number of nitrogens with one attached hydrogen (secondary N) is 1. The molecule has 1 aliphatic rings. The van der Waals surface area contributed by atoms with Gasteiger partial charge in [0.15, 0.2) is 11.5 Å². The summed E-state index contributed by atoms with van der Waals surface area (Å²) in [7, 11) is 1.60. The maximum absolute atomic E-state index is 12.5. The zero-order valence-electron chi connectivity index (χ0n) is 15.4. The lowest BCUT2D eigenvalue weighted by Crippen LogP contribution is -2.09. The maximum Gasteiger partial charge on any atom is 0.267 e. The van der Waals surface area contributed by atoms with Crippen molar-refractivity contribution in [3.63, 3.8) is 0 Å². The number of benzene rings is 2. The van der Waals surface area contributed by atoms with Crippen LogP contribution >= 0.6 is 11.3 Å². The molecule has 1 atom stereocenters. The summed E-state index contributed by atoms with van der Waals surface area (Å²) >= 11 is 1.38. The van der Waals surface area contributed by atoms with Gasteiger partial charge in [-0.2, -0.15) is 0 Å². The number of ether oxygens (including phenoxy) is 3. The summed E-state index contributed by atoms with van der Waals surface area (Å²) in [6.45, 7) is 0.759. The number of nitrogens with zero attached hydrogens (tertiary/aromatic N) is 1. The third-order valence-electron chi connectivity index (χ3n) is 4.36. The first-order valence-corrected chi connectivity index (χ1v) is 9.84. The predicted molar refractivity (Wildman–Crippen MR) is 108 cm³/mol. The number of carbonyl (C=O) groups is 1. The molecule has 0 saturated carbocycles. The molecule has 6 nitrogen and oxygen atoms in total. The standard InChI is InChI=1S/C21H20N2O4S/c1-25-16-5-2-3-6-17(16)27-15-10-8-14(9-11-15)23-20(24)19-13-22-21(28-19)18-7-4-12-26-18/h2-3,5-6,8-11,13,18H,4,7,12H2,1H3,(H,23,24). The van der Waals surface area contributed by atoms with Crippen LogP contribution in [-0.2, 0) is 4.74 Å². The van der Waals surface area contributed by atoms with Crippen molar-refractivity contribution in [2.75, 3.05) is 19.0 Å². The Morgan fingerprint density at radius 2 is 1.96 bits per heavy atom. The number of hydrogen-bond donors (Lipinski definition) is 1. The fourth-order valence-electron chi connectivity index (χ4n) is 2.94. The van der Waals surface area contributed by atoms with Gasteiger partial charge in [0.2, 0.25) is 0 Å². The van der Waals surface area contributed by atoms with Crippen LogP contribution in [0.1, 0.15) is 33.6 Å². The summed E-state index contributed by atoms with van der Waals surface area (Å²) in [5.41, 5.74) is 0.685. The monoisotopic (exact) mass is 396 g/mol. The van der Waals surface area contributed by atoms with E-state index in [2.05, 4.69) is 10.3 Å². The van der Waals surface area contributed by atoms with Crippen molar-refractivity contribution >= 4 is 22.9 Å². The Morgan fingerprint density at radius 3 is 2.68 bits per heavy atom. The summed E-state index contributed by atoms with van der Waals surface area (Å²) < 4.78 is 16.8. The van der Waals surface area contributed by atoms with Crippen molar-refractivity contribution in [3.8, 4) is 17.2 Å². The van der Waals surface area contributed by atoms with Crippen LogP contribution in [0.15, 0.2) is 54.7 Å². The van der Waals surface area contributed by atoms with Crippen LogP contribution in [0.4, 0.5) is 5.69 Å². The SMILES string of the molecule is COc1ccccc1Oc1ccc(NC(=O)c2cnc(C3CCCO3)s2)cc1. The Balaban J connectivity index is 1.39. The molecule has 4 rings (SSSR count). The minimum absolute atomic E-state index is 0.0259. The molecule has 1 N–H and O–H groups in total. The van der Waals surface area contributed by atoms with E-state index in [1.165, 1.54) is 11.3 Å². The van der Waals surface area contributed by atoms with Crippen LogP contribution in [0.3, 0.4) is 0 Å². The van der Waals surface area contributed by atoms with E-state index in [1.54, 1.807) is 37.6 Å². The first-order valence-electron chi connectivity index (χ1n) is 9.02. The largest absolute Gasteiger partial charge is 0.493 e. The molecule has 2 aromatic carbocycles. The zero-order chi connectivity index (χ0) is 19.3. The summed E-state index contributed by atoms with van der Waals surface area (Å²) in [6, 6.07) is 14.6. The molecule has 2 heterocycles. The van der Waals surface area contributed by atoms with Gasteiger partial charge in [0, 0.05) is 12.3 Å². The van der Waals surface area contributed by atoms with Crippen molar-refractivity contribution < 1.29 is 19.0 Å². The molecule has 144 valence electrons. The number of methoxy groups -OCH3 is 1. The molecule has 0 aliphatic carbocycles. The van der Waals surface area contributed by atoms with Crippen LogP contribution in [0.2, 0.25) is 0 Å². The predicted octanol–water partition coefficient (Wildman–Crippen LogP) is 5.05. The number of anilines is 1. The first-order chi connectivity index (χ1) is 13.7. The Morgan fingerprint density at radius 1 is 1.18 bits per heavy atom. The van der Waals surface area contributed by atoms with Gasteiger partial charge in [-0.3, -0.25) is 4.79 Å². The van der Waals surface area contributed by atoms with E-state index in [-0.39, 0.29) is 12.0 Å². The van der Waals surface area contributed by atoms with E-state index in [9.17, 15) is 4.79 Å². The minimum atomic E-state index is -0.180. The molecule has 3 aromatic rings. The smallest absolute Gasteiger partial charge is 0.267 e. The van der Waals surface area contributed by atoms with Crippen LogP contribution in [0, 0.1) is 0 Å². The maximum atomic E-state index is 12.5. The Labute approximate surface area is 167 Å². The molecule has 0 bridgehead atoms. The van der Waals surface area contributed by atoms with E-state index in [1.807, 2.05) is 24.3 Å². The van der Waals surface area contributed by atoms with Crippen molar-refractivity contribution in [2.24, 2.45) is 0 Å². The number of para-hydroxylation sites is 2. The number of amides is 1. The zero-order valence-corrected chi connectivity index (χ0v) is 16.2. The van der Waals surface area contributed by atoms with Crippen LogP contribution in [0.25, 0.3) is 0 Å². The Bertz CT molecular complexity index is 949. The molecule has 0 radical (unpaired) electrons. The van der Waals surface area contributed by atoms with E-state index in [0.29, 0.717) is 27.8 Å². The molecule has 1 fully saturated rings. The van der Waals surface area contributed by atoms with Gasteiger partial charge in [-0.1, -0.05) is 12.1 Å². The van der Waals surface area contributed by atoms with Gasteiger partial charge in [-0.25, -0.2) is 4.98 Å². The van der Waals surface area contributed by atoms with Crippen LogP contribution in [0.5, 0.6) is 17.2 Å². The summed E-state index contributed by atoms with van der Waals surface area (Å²) in [4.78, 5) is 17.4. The highest BCUT2D eigenvalue weighted by Crippen LogP contribution is 2.33. The first kappa shape index (κ1) is 18.5. The molecule has 7 heteroatoms. The van der Waals surface area contributed by atoms with Gasteiger partial charge >= 0.3 is 0 Å². The highest BCUT2D eigenvalue weighted by molar-refractivity contribution is 7.13. The number of hydrogen-bond acceptors (Lipinski definition) is 6. The highest BCUT2D eigenvalue weighted by Gasteiger charge is 2.22. The lowest BCUT2D eigenvalue weighted by Gasteiger charge is -2.10. The van der Waals surface area contributed by atoms with Crippen molar-refractivity contribution in [3.05, 3.63) is 64.6 Å². The summed E-state index contributed by atoms with van der Waals surface area (Å²) in [6.07, 6.45) is 3.63. The molecular weight excluding hydrogens is 376 g/mol. The molecule has 1 unspecified atom stereocenters. The van der Waals surface area contributed by atoms with Gasteiger partial charge in [0.25, 0.3) is 5.91 Å². The fraction of sp³-hybridized carbons (Fsp3) is 0.238. The fourth-order valence-corrected chi connectivity index (χ4v) is 3.84. The quantitative estimate of drug-likeness (QED) is 0.631. The summed E-state index contributed by atoms with van der Waals surface area (Å²) in [5.74, 6) is 1.77. The lowest BCUT2D eigenvalue weighted by atomic mass is 10.2. The molecule has 1 saturated heterocycles. The topological polar surface area (TPSA) is 69.7 Å².